The molecule has 0 spiro atoms. The van der Waals surface area contributed by atoms with Crippen LogP contribution in [0.4, 0.5) is 0 Å². The van der Waals surface area contributed by atoms with Crippen molar-refractivity contribution in [3.8, 4) is 0 Å². The van der Waals surface area contributed by atoms with Crippen LogP contribution in [0.2, 0.25) is 5.02 Å². The molecule has 0 heterocycles. The Kier molecular flexibility index (Phi) is 9.49. The number of amides is 1. The summed E-state index contributed by atoms with van der Waals surface area (Å²) < 4.78 is 4.91. The number of hydrogen-bond donors (Lipinski definition) is 2. The van der Waals surface area contributed by atoms with Crippen LogP contribution in [0.25, 0.3) is 0 Å². The molecule has 2 N–H and O–H groups in total. The van der Waals surface area contributed by atoms with Gasteiger partial charge in [-0.05, 0) is 17.7 Å². The molecule has 0 radical (unpaired) electrons. The number of carbonyl (C=O) groups is 1. The van der Waals surface area contributed by atoms with Crippen molar-refractivity contribution in [3.63, 3.8) is 0 Å². The van der Waals surface area contributed by atoms with E-state index in [2.05, 4.69) is 10.6 Å². The first kappa shape index (κ1) is 17.3. The minimum absolute atomic E-state index is 0.0607. The van der Waals surface area contributed by atoms with E-state index < -0.39 is 0 Å². The Hall–Kier alpha value is -0.750. The lowest BCUT2D eigenvalue weighted by Crippen LogP contribution is -2.33. The molecule has 6 heteroatoms. The molecule has 0 aliphatic heterocycles. The third-order valence-electron chi connectivity index (χ3n) is 2.50. The highest BCUT2D eigenvalue weighted by atomic mass is 35.5. The first-order valence-corrected chi connectivity index (χ1v) is 8.04. The number of thioether (sulfide) groups is 1. The van der Waals surface area contributed by atoms with Crippen molar-refractivity contribution in [2.75, 3.05) is 39.1 Å². The van der Waals surface area contributed by atoms with Gasteiger partial charge in [-0.25, -0.2) is 0 Å². The topological polar surface area (TPSA) is 50.4 Å². The maximum Gasteiger partial charge on any atom is 0.230 e. The summed E-state index contributed by atoms with van der Waals surface area (Å²) in [5.41, 5.74) is 1.14. The van der Waals surface area contributed by atoms with E-state index in [-0.39, 0.29) is 5.91 Å². The number of rotatable bonds is 10. The molecule has 0 aliphatic rings. The van der Waals surface area contributed by atoms with Crippen molar-refractivity contribution in [1.82, 2.24) is 10.6 Å². The van der Waals surface area contributed by atoms with Crippen LogP contribution in [-0.2, 0) is 15.3 Å². The Balaban J connectivity index is 2.03. The molecule has 20 heavy (non-hydrogen) atoms. The van der Waals surface area contributed by atoms with E-state index in [0.717, 1.165) is 29.4 Å². The van der Waals surface area contributed by atoms with Crippen LogP contribution in [0.1, 0.15) is 5.56 Å². The quantitative estimate of drug-likeness (QED) is 0.648. The van der Waals surface area contributed by atoms with E-state index in [0.29, 0.717) is 18.9 Å². The average Bonchev–Trinajstić information content (AvgIpc) is 2.43. The van der Waals surface area contributed by atoms with Gasteiger partial charge in [0.1, 0.15) is 0 Å². The van der Waals surface area contributed by atoms with Crippen LogP contribution in [0.5, 0.6) is 0 Å². The van der Waals surface area contributed by atoms with Gasteiger partial charge in [0.15, 0.2) is 0 Å². The fraction of sp³-hybridized carbons (Fsp3) is 0.500. The third-order valence-corrected chi connectivity index (χ3v) is 3.74. The molecule has 0 aliphatic carbocycles. The van der Waals surface area contributed by atoms with Gasteiger partial charge in [0.25, 0.3) is 0 Å². The van der Waals surface area contributed by atoms with Crippen LogP contribution in [-0.4, -0.2) is 45.0 Å². The zero-order valence-corrected chi connectivity index (χ0v) is 13.2. The predicted molar refractivity (Wildman–Crippen MR) is 85.4 cm³/mol. The number of nitrogens with one attached hydrogen (secondary N) is 2. The average molecular weight is 317 g/mol. The fourth-order valence-corrected chi connectivity index (χ4v) is 2.55. The predicted octanol–water partition coefficient (Wildman–Crippen LogP) is 1.93. The zero-order valence-electron chi connectivity index (χ0n) is 11.7. The lowest BCUT2D eigenvalue weighted by Gasteiger charge is -2.06. The molecular formula is C14H21ClN2O2S. The molecule has 1 amide bonds. The minimum Gasteiger partial charge on any atom is -0.383 e. The summed E-state index contributed by atoms with van der Waals surface area (Å²) in [4.78, 5) is 11.6. The Morgan fingerprint density at radius 3 is 2.95 bits per heavy atom. The molecule has 112 valence electrons. The van der Waals surface area contributed by atoms with Gasteiger partial charge in [0.2, 0.25) is 5.91 Å². The number of halogens is 1. The minimum atomic E-state index is 0.0607. The van der Waals surface area contributed by atoms with Crippen molar-refractivity contribution in [3.05, 3.63) is 34.9 Å². The standard InChI is InChI=1S/C14H21ClN2O2S/c1-19-8-7-16-5-6-17-14(18)11-20-10-12-3-2-4-13(15)9-12/h2-4,9,16H,5-8,10-11H2,1H3,(H,17,18). The molecule has 0 saturated heterocycles. The highest BCUT2D eigenvalue weighted by Gasteiger charge is 2.01. The van der Waals surface area contributed by atoms with Crippen LogP contribution in [0, 0.1) is 0 Å². The molecule has 0 atom stereocenters. The molecule has 1 aromatic rings. The van der Waals surface area contributed by atoms with Crippen LogP contribution in [0.3, 0.4) is 0 Å². The van der Waals surface area contributed by atoms with Gasteiger partial charge >= 0.3 is 0 Å². The molecule has 0 aromatic heterocycles. The van der Waals surface area contributed by atoms with E-state index in [1.54, 1.807) is 18.9 Å². The summed E-state index contributed by atoms with van der Waals surface area (Å²) in [5.74, 6) is 1.32. The fourth-order valence-electron chi connectivity index (χ4n) is 1.53. The summed E-state index contributed by atoms with van der Waals surface area (Å²) in [6, 6.07) is 7.70. The van der Waals surface area contributed by atoms with E-state index in [4.69, 9.17) is 16.3 Å². The Bertz CT molecular complexity index is 405. The second-order valence-electron chi connectivity index (χ2n) is 4.22. The van der Waals surface area contributed by atoms with E-state index >= 15 is 0 Å². The first-order valence-electron chi connectivity index (χ1n) is 6.51. The van der Waals surface area contributed by atoms with E-state index in [1.807, 2.05) is 24.3 Å². The van der Waals surface area contributed by atoms with Crippen molar-refractivity contribution in [1.29, 1.82) is 0 Å². The number of methoxy groups -OCH3 is 1. The molecular weight excluding hydrogens is 296 g/mol. The van der Waals surface area contributed by atoms with Gasteiger partial charge in [0.05, 0.1) is 12.4 Å². The Morgan fingerprint density at radius 1 is 1.35 bits per heavy atom. The van der Waals surface area contributed by atoms with Crippen LogP contribution >= 0.6 is 23.4 Å². The number of benzene rings is 1. The van der Waals surface area contributed by atoms with Crippen molar-refractivity contribution >= 4 is 29.3 Å². The molecule has 1 rings (SSSR count). The van der Waals surface area contributed by atoms with Crippen LogP contribution in [0.15, 0.2) is 24.3 Å². The maximum atomic E-state index is 11.6. The van der Waals surface area contributed by atoms with Crippen molar-refractivity contribution in [2.45, 2.75) is 5.75 Å². The second kappa shape index (κ2) is 11.0. The smallest absolute Gasteiger partial charge is 0.230 e. The molecule has 0 fully saturated rings. The van der Waals surface area contributed by atoms with E-state index in [9.17, 15) is 4.79 Å². The SMILES string of the molecule is COCCNCCNC(=O)CSCc1cccc(Cl)c1. The number of ether oxygens (including phenoxy) is 1. The maximum absolute atomic E-state index is 11.6. The van der Waals surface area contributed by atoms with Crippen molar-refractivity contribution in [2.24, 2.45) is 0 Å². The molecule has 0 unspecified atom stereocenters. The van der Waals surface area contributed by atoms with Gasteiger partial charge in [-0.2, -0.15) is 0 Å². The monoisotopic (exact) mass is 316 g/mol. The van der Waals surface area contributed by atoms with Crippen LogP contribution < -0.4 is 10.6 Å². The highest BCUT2D eigenvalue weighted by molar-refractivity contribution is 7.99. The van der Waals surface area contributed by atoms with Gasteiger partial charge in [-0.1, -0.05) is 23.7 Å². The lowest BCUT2D eigenvalue weighted by molar-refractivity contribution is -0.118. The summed E-state index contributed by atoms with van der Waals surface area (Å²) in [7, 11) is 1.67. The summed E-state index contributed by atoms with van der Waals surface area (Å²) in [5, 5.41) is 6.77. The molecule has 4 nitrogen and oxygen atoms in total. The molecule has 1 aromatic carbocycles. The normalized spacial score (nSPS) is 10.5. The van der Waals surface area contributed by atoms with Crippen molar-refractivity contribution < 1.29 is 9.53 Å². The Morgan fingerprint density at radius 2 is 2.20 bits per heavy atom. The van der Waals surface area contributed by atoms with Gasteiger partial charge in [-0.15, -0.1) is 11.8 Å². The number of carbonyl (C=O) groups excluding carboxylic acids is 1. The molecule has 0 bridgehead atoms. The van der Waals surface area contributed by atoms with E-state index in [1.165, 1.54) is 0 Å². The van der Waals surface area contributed by atoms with Gasteiger partial charge < -0.3 is 15.4 Å². The largest absolute Gasteiger partial charge is 0.383 e. The zero-order chi connectivity index (χ0) is 14.6. The highest BCUT2D eigenvalue weighted by Crippen LogP contribution is 2.16. The second-order valence-corrected chi connectivity index (χ2v) is 5.64. The Labute approximate surface area is 129 Å². The lowest BCUT2D eigenvalue weighted by atomic mass is 10.2. The summed E-state index contributed by atoms with van der Waals surface area (Å²) >= 11 is 7.49. The summed E-state index contributed by atoms with van der Waals surface area (Å²) in [6.45, 7) is 2.88. The van der Waals surface area contributed by atoms with Gasteiger partial charge in [-0.3, -0.25) is 4.79 Å². The molecule has 0 saturated carbocycles. The van der Waals surface area contributed by atoms with Gasteiger partial charge in [0, 0.05) is 37.5 Å². The summed E-state index contributed by atoms with van der Waals surface area (Å²) in [6.07, 6.45) is 0. The number of hydrogen-bond acceptors (Lipinski definition) is 4. The first-order chi connectivity index (χ1) is 9.72. The third kappa shape index (κ3) is 8.43.